The molecule has 1 amide bonds. The van der Waals surface area contributed by atoms with E-state index in [9.17, 15) is 4.79 Å². The third-order valence-corrected chi connectivity index (χ3v) is 2.83. The van der Waals surface area contributed by atoms with Gasteiger partial charge in [-0.05, 0) is 24.6 Å². The van der Waals surface area contributed by atoms with E-state index < -0.39 is 0 Å². The van der Waals surface area contributed by atoms with Gasteiger partial charge in [0.2, 0.25) is 5.91 Å². The standard InChI is InChI=1S/C12H15NO2/c1-9-7-12(14)13(9)8-10-3-5-11(15-2)6-4-10/h3-6,9H,7-8H2,1-2H3. The van der Waals surface area contributed by atoms with Crippen molar-refractivity contribution in [3.63, 3.8) is 0 Å². The molecule has 1 aliphatic rings. The first-order chi connectivity index (χ1) is 7.20. The van der Waals surface area contributed by atoms with Crippen molar-refractivity contribution < 1.29 is 9.53 Å². The Labute approximate surface area is 89.7 Å². The predicted molar refractivity (Wildman–Crippen MR) is 57.6 cm³/mol. The molecule has 0 aromatic heterocycles. The number of hydrogen-bond acceptors (Lipinski definition) is 2. The lowest BCUT2D eigenvalue weighted by atomic mass is 10.0. The van der Waals surface area contributed by atoms with Gasteiger partial charge in [0, 0.05) is 19.0 Å². The van der Waals surface area contributed by atoms with Crippen LogP contribution in [0.5, 0.6) is 5.75 Å². The van der Waals surface area contributed by atoms with Crippen molar-refractivity contribution in [1.82, 2.24) is 4.90 Å². The molecule has 0 spiro atoms. The molecule has 1 saturated heterocycles. The maximum atomic E-state index is 11.3. The third-order valence-electron chi connectivity index (χ3n) is 2.83. The zero-order chi connectivity index (χ0) is 10.8. The smallest absolute Gasteiger partial charge is 0.225 e. The number of amides is 1. The molecule has 0 aliphatic carbocycles. The highest BCUT2D eigenvalue weighted by atomic mass is 16.5. The molecule has 15 heavy (non-hydrogen) atoms. The van der Waals surface area contributed by atoms with Crippen LogP contribution in [0.1, 0.15) is 18.9 Å². The minimum atomic E-state index is 0.248. The summed E-state index contributed by atoms with van der Waals surface area (Å²) in [5.41, 5.74) is 1.15. The maximum Gasteiger partial charge on any atom is 0.225 e. The second kappa shape index (κ2) is 3.93. The fourth-order valence-corrected chi connectivity index (χ4v) is 1.79. The first-order valence-electron chi connectivity index (χ1n) is 5.13. The van der Waals surface area contributed by atoms with Gasteiger partial charge in [-0.1, -0.05) is 12.1 Å². The van der Waals surface area contributed by atoms with Crippen LogP contribution in [0, 0.1) is 0 Å². The highest BCUT2D eigenvalue weighted by molar-refractivity contribution is 5.82. The van der Waals surface area contributed by atoms with Crippen molar-refractivity contribution >= 4 is 5.91 Å². The molecule has 1 unspecified atom stereocenters. The molecular weight excluding hydrogens is 190 g/mol. The van der Waals surface area contributed by atoms with E-state index in [1.807, 2.05) is 29.2 Å². The van der Waals surface area contributed by atoms with Gasteiger partial charge in [0.25, 0.3) is 0 Å². The van der Waals surface area contributed by atoms with Gasteiger partial charge in [0.15, 0.2) is 0 Å². The Morgan fingerprint density at radius 2 is 2.07 bits per heavy atom. The Morgan fingerprint density at radius 3 is 2.53 bits per heavy atom. The van der Waals surface area contributed by atoms with Gasteiger partial charge in [0.1, 0.15) is 5.75 Å². The number of benzene rings is 1. The zero-order valence-electron chi connectivity index (χ0n) is 9.06. The van der Waals surface area contributed by atoms with Crippen LogP contribution < -0.4 is 4.74 Å². The topological polar surface area (TPSA) is 29.5 Å². The van der Waals surface area contributed by atoms with Gasteiger partial charge in [-0.3, -0.25) is 4.79 Å². The molecule has 1 heterocycles. The average molecular weight is 205 g/mol. The minimum absolute atomic E-state index is 0.248. The van der Waals surface area contributed by atoms with E-state index in [-0.39, 0.29) is 5.91 Å². The lowest BCUT2D eigenvalue weighted by molar-refractivity contribution is -0.145. The molecule has 1 atom stereocenters. The number of carbonyl (C=O) groups excluding carboxylic acids is 1. The molecule has 3 nitrogen and oxygen atoms in total. The van der Waals surface area contributed by atoms with Crippen LogP contribution in [0.15, 0.2) is 24.3 Å². The highest BCUT2D eigenvalue weighted by Gasteiger charge is 2.31. The normalized spacial score (nSPS) is 20.0. The number of nitrogens with zero attached hydrogens (tertiary/aromatic N) is 1. The van der Waals surface area contributed by atoms with Crippen LogP contribution >= 0.6 is 0 Å². The number of carbonyl (C=O) groups is 1. The highest BCUT2D eigenvalue weighted by Crippen LogP contribution is 2.22. The summed E-state index contributed by atoms with van der Waals surface area (Å²) in [7, 11) is 1.65. The van der Waals surface area contributed by atoms with Crippen LogP contribution in [-0.4, -0.2) is 24.0 Å². The Hall–Kier alpha value is -1.51. The minimum Gasteiger partial charge on any atom is -0.497 e. The molecule has 80 valence electrons. The van der Waals surface area contributed by atoms with Gasteiger partial charge in [-0.2, -0.15) is 0 Å². The molecule has 2 rings (SSSR count). The molecule has 1 aromatic rings. The lowest BCUT2D eigenvalue weighted by Gasteiger charge is -2.38. The predicted octanol–water partition coefficient (Wildman–Crippen LogP) is 1.82. The van der Waals surface area contributed by atoms with E-state index in [0.717, 1.165) is 11.3 Å². The first kappa shape index (κ1) is 10.0. The Bertz CT molecular complexity index is 358. The molecule has 1 fully saturated rings. The van der Waals surface area contributed by atoms with Crippen molar-refractivity contribution in [1.29, 1.82) is 0 Å². The summed E-state index contributed by atoms with van der Waals surface area (Å²) in [5, 5.41) is 0. The summed E-state index contributed by atoms with van der Waals surface area (Å²) in [5.74, 6) is 1.10. The summed E-state index contributed by atoms with van der Waals surface area (Å²) in [6.45, 7) is 2.79. The number of methoxy groups -OCH3 is 1. The van der Waals surface area contributed by atoms with E-state index in [1.165, 1.54) is 0 Å². The summed E-state index contributed by atoms with van der Waals surface area (Å²) in [6, 6.07) is 8.22. The molecule has 0 N–H and O–H groups in total. The second-order valence-electron chi connectivity index (χ2n) is 3.92. The summed E-state index contributed by atoms with van der Waals surface area (Å²) in [4.78, 5) is 13.2. The van der Waals surface area contributed by atoms with Crippen LogP contribution in [0.3, 0.4) is 0 Å². The Kier molecular flexibility index (Phi) is 2.62. The van der Waals surface area contributed by atoms with Gasteiger partial charge in [0.05, 0.1) is 7.11 Å². The molecular formula is C12H15NO2. The van der Waals surface area contributed by atoms with Gasteiger partial charge >= 0.3 is 0 Å². The van der Waals surface area contributed by atoms with Crippen LogP contribution in [0.25, 0.3) is 0 Å². The van der Waals surface area contributed by atoms with Crippen LogP contribution in [0.4, 0.5) is 0 Å². The molecule has 1 aromatic carbocycles. The lowest BCUT2D eigenvalue weighted by Crippen LogP contribution is -2.49. The number of likely N-dealkylation sites (tertiary alicyclic amines) is 1. The summed E-state index contributed by atoms with van der Waals surface area (Å²) in [6.07, 6.45) is 0.691. The number of rotatable bonds is 3. The molecule has 0 radical (unpaired) electrons. The monoisotopic (exact) mass is 205 g/mol. The van der Waals surface area contributed by atoms with Gasteiger partial charge < -0.3 is 9.64 Å². The largest absolute Gasteiger partial charge is 0.497 e. The fraction of sp³-hybridized carbons (Fsp3) is 0.417. The van der Waals surface area contributed by atoms with E-state index in [0.29, 0.717) is 19.0 Å². The van der Waals surface area contributed by atoms with E-state index in [2.05, 4.69) is 6.92 Å². The van der Waals surface area contributed by atoms with Gasteiger partial charge in [-0.25, -0.2) is 0 Å². The number of β-lactam (4-membered cyclic amide) rings is 1. The van der Waals surface area contributed by atoms with Crippen molar-refractivity contribution in [2.24, 2.45) is 0 Å². The van der Waals surface area contributed by atoms with Crippen LogP contribution in [-0.2, 0) is 11.3 Å². The van der Waals surface area contributed by atoms with Gasteiger partial charge in [-0.15, -0.1) is 0 Å². The summed E-state index contributed by atoms with van der Waals surface area (Å²) >= 11 is 0. The quantitative estimate of drug-likeness (QED) is 0.704. The number of ether oxygens (including phenoxy) is 1. The maximum absolute atomic E-state index is 11.3. The average Bonchev–Trinajstić information content (AvgIpc) is 2.27. The zero-order valence-corrected chi connectivity index (χ0v) is 9.06. The number of hydrogen-bond donors (Lipinski definition) is 0. The van der Waals surface area contributed by atoms with E-state index in [1.54, 1.807) is 7.11 Å². The molecule has 0 bridgehead atoms. The molecule has 1 aliphatic heterocycles. The Balaban J connectivity index is 2.01. The fourth-order valence-electron chi connectivity index (χ4n) is 1.79. The molecule has 0 saturated carbocycles. The molecule has 3 heteroatoms. The second-order valence-corrected chi connectivity index (χ2v) is 3.92. The van der Waals surface area contributed by atoms with Crippen molar-refractivity contribution in [3.05, 3.63) is 29.8 Å². The van der Waals surface area contributed by atoms with Crippen molar-refractivity contribution in [2.45, 2.75) is 25.9 Å². The SMILES string of the molecule is COc1ccc(CN2C(=O)CC2C)cc1. The van der Waals surface area contributed by atoms with E-state index in [4.69, 9.17) is 4.74 Å². The van der Waals surface area contributed by atoms with E-state index >= 15 is 0 Å². The van der Waals surface area contributed by atoms with Crippen LogP contribution in [0.2, 0.25) is 0 Å². The Morgan fingerprint density at radius 1 is 1.40 bits per heavy atom. The van der Waals surface area contributed by atoms with Crippen molar-refractivity contribution in [2.75, 3.05) is 7.11 Å². The summed E-state index contributed by atoms with van der Waals surface area (Å²) < 4.78 is 5.08. The first-order valence-corrected chi connectivity index (χ1v) is 5.13. The van der Waals surface area contributed by atoms with Crippen molar-refractivity contribution in [3.8, 4) is 5.75 Å². The third kappa shape index (κ3) is 1.96.